The molecule has 1 unspecified atom stereocenters. The second-order valence-electron chi connectivity index (χ2n) is 4.80. The third kappa shape index (κ3) is 6.96. The van der Waals surface area contributed by atoms with E-state index in [4.69, 9.17) is 0 Å². The molecule has 0 bridgehead atoms. The fourth-order valence-corrected chi connectivity index (χ4v) is 1.56. The fourth-order valence-electron chi connectivity index (χ4n) is 1.56. The van der Waals surface area contributed by atoms with Crippen molar-refractivity contribution in [3.63, 3.8) is 0 Å². The van der Waals surface area contributed by atoms with Crippen LogP contribution in [0, 0.1) is 5.92 Å². The van der Waals surface area contributed by atoms with Gasteiger partial charge in [0.2, 0.25) is 0 Å². The molecular weight excluding hydrogens is 200 g/mol. The van der Waals surface area contributed by atoms with Gasteiger partial charge in [-0.15, -0.1) is 0 Å². The zero-order valence-electron chi connectivity index (χ0n) is 11.6. The summed E-state index contributed by atoms with van der Waals surface area (Å²) in [5, 5.41) is 0. The monoisotopic (exact) mass is 228 g/mol. The lowest BCUT2D eigenvalue weighted by Crippen LogP contribution is -2.34. The normalized spacial score (nSPS) is 13.4. The number of carbonyl (C=O) groups excluding carboxylic acids is 1. The Morgan fingerprint density at radius 2 is 1.81 bits per heavy atom. The SMILES string of the molecule is CCC(C)C(=O)CN(CC)CCCN(C)C. The van der Waals surface area contributed by atoms with Gasteiger partial charge in [-0.05, 0) is 46.6 Å². The molecule has 0 amide bonds. The van der Waals surface area contributed by atoms with E-state index < -0.39 is 0 Å². The van der Waals surface area contributed by atoms with Crippen molar-refractivity contribution >= 4 is 5.78 Å². The predicted octanol–water partition coefficient (Wildman–Crippen LogP) is 1.88. The van der Waals surface area contributed by atoms with E-state index in [9.17, 15) is 4.79 Å². The Morgan fingerprint density at radius 3 is 2.25 bits per heavy atom. The van der Waals surface area contributed by atoms with Crippen molar-refractivity contribution in [1.82, 2.24) is 9.80 Å². The molecule has 16 heavy (non-hydrogen) atoms. The third-order valence-electron chi connectivity index (χ3n) is 3.07. The Balaban J connectivity index is 3.86. The summed E-state index contributed by atoms with van der Waals surface area (Å²) >= 11 is 0. The lowest BCUT2D eigenvalue weighted by atomic mass is 10.0. The van der Waals surface area contributed by atoms with E-state index in [1.807, 2.05) is 6.92 Å². The summed E-state index contributed by atoms with van der Waals surface area (Å²) in [6.45, 7) is 9.93. The average molecular weight is 228 g/mol. The summed E-state index contributed by atoms with van der Waals surface area (Å²) in [7, 11) is 4.17. The Bertz CT molecular complexity index is 192. The first-order valence-electron chi connectivity index (χ1n) is 6.41. The Labute approximate surface area is 101 Å². The molecule has 96 valence electrons. The molecule has 0 aliphatic carbocycles. The van der Waals surface area contributed by atoms with Crippen molar-refractivity contribution < 1.29 is 4.79 Å². The van der Waals surface area contributed by atoms with Crippen LogP contribution in [0.2, 0.25) is 0 Å². The average Bonchev–Trinajstić information content (AvgIpc) is 2.25. The lowest BCUT2D eigenvalue weighted by Gasteiger charge is -2.22. The van der Waals surface area contributed by atoms with Gasteiger partial charge < -0.3 is 4.90 Å². The van der Waals surface area contributed by atoms with Crippen molar-refractivity contribution in [2.24, 2.45) is 5.92 Å². The molecular formula is C13H28N2O. The van der Waals surface area contributed by atoms with Crippen LogP contribution in [0.3, 0.4) is 0 Å². The topological polar surface area (TPSA) is 23.6 Å². The van der Waals surface area contributed by atoms with Crippen LogP contribution in [-0.2, 0) is 4.79 Å². The predicted molar refractivity (Wildman–Crippen MR) is 69.7 cm³/mol. The van der Waals surface area contributed by atoms with Gasteiger partial charge in [0.05, 0.1) is 6.54 Å². The quantitative estimate of drug-likeness (QED) is 0.602. The van der Waals surface area contributed by atoms with Crippen LogP contribution in [0.25, 0.3) is 0 Å². The number of hydrogen-bond donors (Lipinski definition) is 0. The summed E-state index contributed by atoms with van der Waals surface area (Å²) in [6.07, 6.45) is 2.09. The van der Waals surface area contributed by atoms with Crippen molar-refractivity contribution in [3.8, 4) is 0 Å². The van der Waals surface area contributed by atoms with E-state index in [0.29, 0.717) is 12.3 Å². The molecule has 0 fully saturated rings. The number of carbonyl (C=O) groups is 1. The Morgan fingerprint density at radius 1 is 1.19 bits per heavy atom. The van der Waals surface area contributed by atoms with Gasteiger partial charge in [-0.3, -0.25) is 9.69 Å². The van der Waals surface area contributed by atoms with Crippen molar-refractivity contribution in [2.75, 3.05) is 40.3 Å². The third-order valence-corrected chi connectivity index (χ3v) is 3.07. The van der Waals surface area contributed by atoms with Gasteiger partial charge in [0, 0.05) is 5.92 Å². The molecule has 0 spiro atoms. The molecule has 0 aliphatic rings. The fraction of sp³-hybridized carbons (Fsp3) is 0.923. The molecule has 0 radical (unpaired) electrons. The molecule has 1 atom stereocenters. The van der Waals surface area contributed by atoms with Crippen molar-refractivity contribution in [3.05, 3.63) is 0 Å². The van der Waals surface area contributed by atoms with Gasteiger partial charge >= 0.3 is 0 Å². The van der Waals surface area contributed by atoms with Gasteiger partial charge in [0.15, 0.2) is 0 Å². The number of rotatable bonds is 9. The van der Waals surface area contributed by atoms with Gasteiger partial charge in [0.1, 0.15) is 5.78 Å². The first-order valence-corrected chi connectivity index (χ1v) is 6.41. The first kappa shape index (κ1) is 15.6. The van der Waals surface area contributed by atoms with E-state index in [2.05, 4.69) is 37.7 Å². The van der Waals surface area contributed by atoms with Crippen molar-refractivity contribution in [1.29, 1.82) is 0 Å². The van der Waals surface area contributed by atoms with Gasteiger partial charge in [0.25, 0.3) is 0 Å². The summed E-state index contributed by atoms with van der Waals surface area (Å²) in [4.78, 5) is 16.2. The minimum Gasteiger partial charge on any atom is -0.309 e. The van der Waals surface area contributed by atoms with Crippen LogP contribution in [0.4, 0.5) is 0 Å². The number of hydrogen-bond acceptors (Lipinski definition) is 3. The van der Waals surface area contributed by atoms with E-state index in [0.717, 1.165) is 32.5 Å². The Hall–Kier alpha value is -0.410. The zero-order valence-corrected chi connectivity index (χ0v) is 11.6. The highest BCUT2D eigenvalue weighted by atomic mass is 16.1. The molecule has 0 heterocycles. The highest BCUT2D eigenvalue weighted by Gasteiger charge is 2.14. The van der Waals surface area contributed by atoms with Crippen LogP contribution in [0.5, 0.6) is 0 Å². The first-order chi connectivity index (χ1) is 7.51. The second-order valence-corrected chi connectivity index (χ2v) is 4.80. The van der Waals surface area contributed by atoms with Crippen LogP contribution in [-0.4, -0.2) is 55.9 Å². The molecule has 0 aromatic carbocycles. The molecule has 0 N–H and O–H groups in total. The van der Waals surface area contributed by atoms with E-state index in [-0.39, 0.29) is 5.92 Å². The molecule has 0 aliphatic heterocycles. The van der Waals surface area contributed by atoms with Gasteiger partial charge in [-0.2, -0.15) is 0 Å². The maximum atomic E-state index is 11.8. The standard InChI is InChI=1S/C13H28N2O/c1-6-12(3)13(16)11-15(7-2)10-8-9-14(4)5/h12H,6-11H2,1-5H3. The summed E-state index contributed by atoms with van der Waals surface area (Å²) in [5.74, 6) is 0.595. The highest BCUT2D eigenvalue weighted by Crippen LogP contribution is 2.04. The van der Waals surface area contributed by atoms with Crippen LogP contribution in [0.1, 0.15) is 33.6 Å². The summed E-state index contributed by atoms with van der Waals surface area (Å²) in [6, 6.07) is 0. The number of likely N-dealkylation sites (N-methyl/N-ethyl adjacent to an activating group) is 1. The van der Waals surface area contributed by atoms with Gasteiger partial charge in [-0.25, -0.2) is 0 Å². The largest absolute Gasteiger partial charge is 0.309 e. The maximum Gasteiger partial charge on any atom is 0.149 e. The van der Waals surface area contributed by atoms with Crippen LogP contribution in [0.15, 0.2) is 0 Å². The van der Waals surface area contributed by atoms with Crippen LogP contribution >= 0.6 is 0 Å². The van der Waals surface area contributed by atoms with E-state index in [1.54, 1.807) is 0 Å². The lowest BCUT2D eigenvalue weighted by molar-refractivity contribution is -0.123. The highest BCUT2D eigenvalue weighted by molar-refractivity contribution is 5.82. The van der Waals surface area contributed by atoms with E-state index in [1.165, 1.54) is 0 Å². The number of ketones is 1. The molecule has 3 heteroatoms. The molecule has 0 aromatic rings. The summed E-state index contributed by atoms with van der Waals surface area (Å²) in [5.41, 5.74) is 0. The van der Waals surface area contributed by atoms with Crippen LogP contribution < -0.4 is 0 Å². The molecule has 0 saturated heterocycles. The van der Waals surface area contributed by atoms with Crippen molar-refractivity contribution in [2.45, 2.75) is 33.6 Å². The molecule has 0 rings (SSSR count). The number of Topliss-reactive ketones (excluding diaryl/α,β-unsaturated/α-hetero) is 1. The van der Waals surface area contributed by atoms with E-state index >= 15 is 0 Å². The smallest absolute Gasteiger partial charge is 0.149 e. The maximum absolute atomic E-state index is 11.8. The minimum atomic E-state index is 0.211. The molecule has 0 aromatic heterocycles. The minimum absolute atomic E-state index is 0.211. The Kier molecular flexibility index (Phi) is 8.49. The zero-order chi connectivity index (χ0) is 12.6. The van der Waals surface area contributed by atoms with Gasteiger partial charge in [-0.1, -0.05) is 20.8 Å². The molecule has 3 nitrogen and oxygen atoms in total. The summed E-state index contributed by atoms with van der Waals surface area (Å²) < 4.78 is 0. The second kappa shape index (κ2) is 8.71. The number of nitrogens with zero attached hydrogens (tertiary/aromatic N) is 2. The molecule has 0 saturated carbocycles.